The van der Waals surface area contributed by atoms with Crippen LogP contribution in [0.25, 0.3) is 0 Å². The van der Waals surface area contributed by atoms with E-state index >= 15 is 0 Å². The fourth-order valence-electron chi connectivity index (χ4n) is 2.59. The fourth-order valence-corrected chi connectivity index (χ4v) is 2.59. The van der Waals surface area contributed by atoms with Crippen molar-refractivity contribution >= 4 is 11.6 Å². The summed E-state index contributed by atoms with van der Waals surface area (Å²) in [6.07, 6.45) is 11.0. The molecule has 1 unspecified atom stereocenters. The Labute approximate surface area is 131 Å². The summed E-state index contributed by atoms with van der Waals surface area (Å²) in [6.45, 7) is 4.84. The van der Waals surface area contributed by atoms with Crippen molar-refractivity contribution in [1.29, 1.82) is 5.26 Å². The number of nitrogens with zero attached hydrogens (tertiary/aromatic N) is 3. The van der Waals surface area contributed by atoms with Crippen LogP contribution in [0.5, 0.6) is 0 Å². The van der Waals surface area contributed by atoms with Crippen molar-refractivity contribution in [1.82, 2.24) is 9.78 Å². The second-order valence-electron chi connectivity index (χ2n) is 5.48. The number of carbonyl (C=O) groups excluding carboxylic acids is 1. The lowest BCUT2D eigenvalue weighted by molar-refractivity contribution is -0.116. The molecule has 1 heterocycles. The van der Waals surface area contributed by atoms with Crippen LogP contribution < -0.4 is 5.32 Å². The van der Waals surface area contributed by atoms with E-state index < -0.39 is 0 Å². The number of anilines is 1. The van der Waals surface area contributed by atoms with E-state index in [4.69, 9.17) is 0 Å². The highest BCUT2D eigenvalue weighted by Gasteiger charge is 2.24. The Morgan fingerprint density at radius 2 is 2.36 bits per heavy atom. The van der Waals surface area contributed by atoms with Gasteiger partial charge in [-0.05, 0) is 13.3 Å². The maximum absolute atomic E-state index is 11.9. The molecular formula is C17H22N4O. The molecule has 1 aliphatic carbocycles. The predicted octanol–water partition coefficient (Wildman–Crippen LogP) is 3.41. The van der Waals surface area contributed by atoms with Gasteiger partial charge >= 0.3 is 0 Å². The zero-order valence-electron chi connectivity index (χ0n) is 13.2. The molecule has 1 atom stereocenters. The van der Waals surface area contributed by atoms with Gasteiger partial charge in [-0.1, -0.05) is 31.9 Å². The van der Waals surface area contributed by atoms with Gasteiger partial charge in [0.05, 0.1) is 6.20 Å². The highest BCUT2D eigenvalue weighted by atomic mass is 16.1. The predicted molar refractivity (Wildman–Crippen MR) is 86.1 cm³/mol. The second-order valence-corrected chi connectivity index (χ2v) is 5.48. The average molecular weight is 298 g/mol. The molecule has 2 rings (SSSR count). The molecule has 0 fully saturated rings. The van der Waals surface area contributed by atoms with Crippen LogP contribution in [-0.2, 0) is 11.3 Å². The van der Waals surface area contributed by atoms with Crippen LogP contribution >= 0.6 is 0 Å². The van der Waals surface area contributed by atoms with Crippen molar-refractivity contribution in [3.8, 4) is 6.07 Å². The smallest absolute Gasteiger partial charge is 0.164 e. The van der Waals surface area contributed by atoms with Gasteiger partial charge in [-0.25, -0.2) is 4.68 Å². The summed E-state index contributed by atoms with van der Waals surface area (Å²) >= 11 is 0. The maximum atomic E-state index is 11.9. The van der Waals surface area contributed by atoms with Crippen LogP contribution in [0.4, 0.5) is 5.82 Å². The summed E-state index contributed by atoms with van der Waals surface area (Å²) in [5, 5.41) is 16.7. The first-order chi connectivity index (χ1) is 10.7. The molecule has 1 aromatic rings. The normalized spacial score (nSPS) is 17.8. The quantitative estimate of drug-likeness (QED) is 0.618. The van der Waals surface area contributed by atoms with Gasteiger partial charge < -0.3 is 5.32 Å². The van der Waals surface area contributed by atoms with Gasteiger partial charge in [0.2, 0.25) is 0 Å². The Hall–Kier alpha value is -2.35. The molecule has 0 saturated carbocycles. The Balaban J connectivity index is 2.12. The van der Waals surface area contributed by atoms with Crippen molar-refractivity contribution in [2.75, 3.05) is 5.32 Å². The average Bonchev–Trinajstić information content (AvgIpc) is 3.04. The minimum atomic E-state index is -0.0884. The summed E-state index contributed by atoms with van der Waals surface area (Å²) in [5.74, 6) is 0.712. The fraction of sp³-hybridized carbons (Fsp3) is 0.471. The van der Waals surface area contributed by atoms with Gasteiger partial charge in [-0.15, -0.1) is 0 Å². The van der Waals surface area contributed by atoms with E-state index in [0.717, 1.165) is 31.5 Å². The van der Waals surface area contributed by atoms with Crippen molar-refractivity contribution in [2.24, 2.45) is 5.92 Å². The SMILES string of the molecule is C/C=C/C1CC(Nc2c(C#N)cnn2CCCCC)=CC1=O. The highest BCUT2D eigenvalue weighted by Crippen LogP contribution is 2.26. The van der Waals surface area contributed by atoms with E-state index in [-0.39, 0.29) is 11.7 Å². The van der Waals surface area contributed by atoms with Crippen LogP contribution in [-0.4, -0.2) is 15.6 Å². The number of allylic oxidation sites excluding steroid dienone is 4. The number of carbonyl (C=O) groups is 1. The highest BCUT2D eigenvalue weighted by molar-refractivity contribution is 5.97. The first-order valence-corrected chi connectivity index (χ1v) is 7.79. The topological polar surface area (TPSA) is 70.7 Å². The van der Waals surface area contributed by atoms with Crippen molar-refractivity contribution in [2.45, 2.75) is 46.1 Å². The number of unbranched alkanes of at least 4 members (excludes halogenated alkanes) is 2. The summed E-state index contributed by atoms with van der Waals surface area (Å²) in [7, 11) is 0. The van der Waals surface area contributed by atoms with E-state index in [1.165, 1.54) is 0 Å². The van der Waals surface area contributed by atoms with Crippen LogP contribution in [0.2, 0.25) is 0 Å². The lowest BCUT2D eigenvalue weighted by Gasteiger charge is -2.11. The van der Waals surface area contributed by atoms with Crippen LogP contribution in [0.15, 0.2) is 30.1 Å². The maximum Gasteiger partial charge on any atom is 0.164 e. The number of nitrogens with one attached hydrogen (secondary N) is 1. The number of aryl methyl sites for hydroxylation is 1. The van der Waals surface area contributed by atoms with Crippen LogP contribution in [0, 0.1) is 17.2 Å². The van der Waals surface area contributed by atoms with Crippen molar-refractivity contribution in [3.63, 3.8) is 0 Å². The molecule has 0 aromatic carbocycles. The molecule has 5 heteroatoms. The molecule has 0 amide bonds. The Morgan fingerprint density at radius 3 is 3.05 bits per heavy atom. The molecule has 0 radical (unpaired) electrons. The van der Waals surface area contributed by atoms with Crippen LogP contribution in [0.3, 0.4) is 0 Å². The monoisotopic (exact) mass is 298 g/mol. The zero-order chi connectivity index (χ0) is 15.9. The Morgan fingerprint density at radius 1 is 1.55 bits per heavy atom. The number of nitriles is 1. The van der Waals surface area contributed by atoms with Crippen molar-refractivity contribution < 1.29 is 4.79 Å². The van der Waals surface area contributed by atoms with Gasteiger partial charge in [-0.3, -0.25) is 4.79 Å². The molecule has 22 heavy (non-hydrogen) atoms. The number of hydrogen-bond donors (Lipinski definition) is 1. The number of hydrogen-bond acceptors (Lipinski definition) is 4. The molecule has 0 aliphatic heterocycles. The Kier molecular flexibility index (Phi) is 5.54. The molecule has 0 saturated heterocycles. The van der Waals surface area contributed by atoms with E-state index in [2.05, 4.69) is 23.4 Å². The first-order valence-electron chi connectivity index (χ1n) is 7.79. The summed E-state index contributed by atoms with van der Waals surface area (Å²) in [4.78, 5) is 11.9. The zero-order valence-corrected chi connectivity index (χ0v) is 13.2. The summed E-state index contributed by atoms with van der Waals surface area (Å²) < 4.78 is 1.82. The molecule has 5 nitrogen and oxygen atoms in total. The summed E-state index contributed by atoms with van der Waals surface area (Å²) in [6, 6.07) is 2.16. The van der Waals surface area contributed by atoms with Gasteiger partial charge in [0, 0.05) is 30.7 Å². The standard InChI is InChI=1S/C17H22N4O/c1-3-5-6-8-21-17(14(11-18)12-19-21)20-15-9-13(7-4-2)16(22)10-15/h4,7,10,12-13,20H,3,5-6,8-9H2,1-2H3/b7-4+. The van der Waals surface area contributed by atoms with Gasteiger partial charge in [0.15, 0.2) is 5.78 Å². The van der Waals surface area contributed by atoms with Gasteiger partial charge in [0.25, 0.3) is 0 Å². The lowest BCUT2D eigenvalue weighted by atomic mass is 10.1. The third kappa shape index (κ3) is 3.64. The number of aromatic nitrogens is 2. The van der Waals surface area contributed by atoms with Crippen molar-refractivity contribution in [3.05, 3.63) is 35.7 Å². The van der Waals surface area contributed by atoms with Crippen LogP contribution in [0.1, 0.15) is 45.1 Å². The van der Waals surface area contributed by atoms with E-state index in [0.29, 0.717) is 17.8 Å². The van der Waals surface area contributed by atoms with Gasteiger partial charge in [0.1, 0.15) is 17.5 Å². The van der Waals surface area contributed by atoms with E-state index in [1.54, 1.807) is 12.3 Å². The molecule has 1 aromatic heterocycles. The first kappa shape index (κ1) is 16.0. The second kappa shape index (κ2) is 7.60. The lowest BCUT2D eigenvalue weighted by Crippen LogP contribution is -2.09. The molecule has 0 bridgehead atoms. The summed E-state index contributed by atoms with van der Waals surface area (Å²) in [5.41, 5.74) is 1.36. The number of rotatable bonds is 7. The Bertz CT molecular complexity index is 634. The molecule has 1 aliphatic rings. The molecular weight excluding hydrogens is 276 g/mol. The molecule has 0 spiro atoms. The minimum absolute atomic E-state index is 0.0884. The molecule has 1 N–H and O–H groups in total. The minimum Gasteiger partial charge on any atom is -0.343 e. The molecule has 116 valence electrons. The third-order valence-electron chi connectivity index (χ3n) is 3.76. The van der Waals surface area contributed by atoms with E-state index in [1.807, 2.05) is 23.8 Å². The third-order valence-corrected chi connectivity index (χ3v) is 3.76. The largest absolute Gasteiger partial charge is 0.343 e. The number of ketones is 1. The van der Waals surface area contributed by atoms with E-state index in [9.17, 15) is 10.1 Å². The van der Waals surface area contributed by atoms with Gasteiger partial charge in [-0.2, -0.15) is 10.4 Å².